The van der Waals surface area contributed by atoms with Crippen LogP contribution in [-0.4, -0.2) is 23.3 Å². The van der Waals surface area contributed by atoms with Crippen molar-refractivity contribution in [1.82, 2.24) is 0 Å². The monoisotopic (exact) mass is 304 g/mol. The van der Waals surface area contributed by atoms with Crippen molar-refractivity contribution in [2.24, 2.45) is 11.3 Å². The van der Waals surface area contributed by atoms with Crippen molar-refractivity contribution in [2.45, 2.75) is 65.1 Å². The number of hydrogen-bond donors (Lipinski definition) is 1. The predicted molar refractivity (Wildman–Crippen MR) is 87.7 cm³/mol. The van der Waals surface area contributed by atoms with Gasteiger partial charge in [0.15, 0.2) is 0 Å². The highest BCUT2D eigenvalue weighted by Gasteiger charge is 2.43. The van der Waals surface area contributed by atoms with Gasteiger partial charge in [-0.1, -0.05) is 58.2 Å². The van der Waals surface area contributed by atoms with E-state index in [0.29, 0.717) is 5.56 Å². The van der Waals surface area contributed by atoms with Gasteiger partial charge in [0.25, 0.3) is 0 Å². The van der Waals surface area contributed by atoms with Gasteiger partial charge >= 0.3 is 5.97 Å². The maximum Gasteiger partial charge on any atom is 0.338 e. The van der Waals surface area contributed by atoms with E-state index in [4.69, 9.17) is 4.74 Å². The molecule has 1 aliphatic carbocycles. The molecule has 0 aliphatic heterocycles. The number of rotatable bonds is 5. The van der Waals surface area contributed by atoms with Crippen molar-refractivity contribution in [1.29, 1.82) is 0 Å². The number of hydrogen-bond acceptors (Lipinski definition) is 3. The Morgan fingerprint density at radius 2 is 1.73 bits per heavy atom. The zero-order chi connectivity index (χ0) is 16.2. The minimum absolute atomic E-state index is 0.0623. The first-order chi connectivity index (χ1) is 10.4. The highest BCUT2D eigenvalue weighted by atomic mass is 16.6. The van der Waals surface area contributed by atoms with Gasteiger partial charge in [0.05, 0.1) is 11.7 Å². The second-order valence-electron chi connectivity index (χ2n) is 7.14. The minimum atomic E-state index is -0.629. The summed E-state index contributed by atoms with van der Waals surface area (Å²) in [7, 11) is 0. The second-order valence-corrected chi connectivity index (χ2v) is 7.14. The summed E-state index contributed by atoms with van der Waals surface area (Å²) in [5.41, 5.74) is 0.412. The molecule has 0 heterocycles. The summed E-state index contributed by atoms with van der Waals surface area (Å²) in [6.45, 7) is 6.10. The predicted octanol–water partition coefficient (Wildman–Crippen LogP) is 4.20. The van der Waals surface area contributed by atoms with Crippen LogP contribution in [-0.2, 0) is 4.74 Å². The number of benzene rings is 1. The van der Waals surface area contributed by atoms with Crippen LogP contribution in [0.4, 0.5) is 0 Å². The number of aliphatic hydroxyl groups is 1. The van der Waals surface area contributed by atoms with E-state index in [2.05, 4.69) is 6.92 Å². The minimum Gasteiger partial charge on any atom is -0.455 e. The zero-order valence-corrected chi connectivity index (χ0v) is 13.9. The van der Waals surface area contributed by atoms with Crippen LogP contribution in [0.15, 0.2) is 30.3 Å². The van der Waals surface area contributed by atoms with E-state index in [1.807, 2.05) is 32.0 Å². The SMILES string of the molecule is CC(C)[C@H](O)[C@@H](OC(=O)c1ccccc1)C1(C)CCCCC1. The molecule has 1 fully saturated rings. The molecule has 0 unspecified atom stereocenters. The molecule has 0 saturated heterocycles. The maximum atomic E-state index is 12.4. The molecule has 3 heteroatoms. The molecule has 1 N–H and O–H groups in total. The van der Waals surface area contributed by atoms with Gasteiger partial charge in [0.1, 0.15) is 6.10 Å². The summed E-state index contributed by atoms with van der Waals surface area (Å²) in [4.78, 5) is 12.4. The maximum absolute atomic E-state index is 12.4. The Morgan fingerprint density at radius 3 is 2.27 bits per heavy atom. The summed E-state index contributed by atoms with van der Waals surface area (Å²) in [6.07, 6.45) is 4.44. The van der Waals surface area contributed by atoms with Crippen LogP contribution in [0.1, 0.15) is 63.2 Å². The average Bonchev–Trinajstić information content (AvgIpc) is 2.53. The van der Waals surface area contributed by atoms with Crippen molar-refractivity contribution < 1.29 is 14.6 Å². The third kappa shape index (κ3) is 3.89. The third-order valence-electron chi connectivity index (χ3n) is 4.92. The fraction of sp³-hybridized carbons (Fsp3) is 0.632. The molecule has 1 aromatic carbocycles. The molecule has 0 aromatic heterocycles. The van der Waals surface area contributed by atoms with E-state index in [0.717, 1.165) is 25.7 Å². The molecule has 0 spiro atoms. The van der Waals surface area contributed by atoms with Crippen LogP contribution >= 0.6 is 0 Å². The zero-order valence-electron chi connectivity index (χ0n) is 13.9. The van der Waals surface area contributed by atoms with Crippen molar-refractivity contribution in [2.75, 3.05) is 0 Å². The van der Waals surface area contributed by atoms with Crippen molar-refractivity contribution >= 4 is 5.97 Å². The van der Waals surface area contributed by atoms with E-state index < -0.39 is 12.2 Å². The number of esters is 1. The van der Waals surface area contributed by atoms with Gasteiger partial charge in [-0.3, -0.25) is 0 Å². The van der Waals surface area contributed by atoms with Crippen LogP contribution in [0, 0.1) is 11.3 Å². The van der Waals surface area contributed by atoms with Crippen LogP contribution in [0.3, 0.4) is 0 Å². The number of carbonyl (C=O) groups is 1. The highest BCUT2D eigenvalue weighted by Crippen LogP contribution is 2.42. The van der Waals surface area contributed by atoms with E-state index >= 15 is 0 Å². The fourth-order valence-electron chi connectivity index (χ4n) is 3.38. The van der Waals surface area contributed by atoms with Crippen LogP contribution in [0.5, 0.6) is 0 Å². The largest absolute Gasteiger partial charge is 0.455 e. The normalized spacial score (nSPS) is 20.4. The lowest BCUT2D eigenvalue weighted by atomic mass is 9.69. The number of aliphatic hydroxyl groups excluding tert-OH is 1. The Kier molecular flexibility index (Phi) is 5.63. The third-order valence-corrected chi connectivity index (χ3v) is 4.92. The number of carbonyl (C=O) groups excluding carboxylic acids is 1. The van der Waals surface area contributed by atoms with Crippen molar-refractivity contribution in [3.05, 3.63) is 35.9 Å². The first-order valence-electron chi connectivity index (χ1n) is 8.38. The first-order valence-corrected chi connectivity index (χ1v) is 8.38. The molecular weight excluding hydrogens is 276 g/mol. The molecule has 2 atom stereocenters. The smallest absolute Gasteiger partial charge is 0.338 e. The molecular formula is C19H28O3. The quantitative estimate of drug-likeness (QED) is 0.829. The standard InChI is InChI=1S/C19H28O3/c1-14(2)16(20)17(19(3)12-8-5-9-13-19)22-18(21)15-10-6-4-7-11-15/h4,6-7,10-11,14,16-17,20H,5,8-9,12-13H2,1-3H3/t16-,17+/m0/s1. The molecule has 122 valence electrons. The molecule has 0 radical (unpaired) electrons. The van der Waals surface area contributed by atoms with Gasteiger partial charge in [-0.2, -0.15) is 0 Å². The molecule has 0 bridgehead atoms. The highest BCUT2D eigenvalue weighted by molar-refractivity contribution is 5.89. The van der Waals surface area contributed by atoms with Crippen molar-refractivity contribution in [3.63, 3.8) is 0 Å². The Morgan fingerprint density at radius 1 is 1.14 bits per heavy atom. The lowest BCUT2D eigenvalue weighted by Gasteiger charge is -2.43. The Labute approximate surface area is 133 Å². The van der Waals surface area contributed by atoms with E-state index in [1.54, 1.807) is 12.1 Å². The van der Waals surface area contributed by atoms with Gasteiger partial charge in [0.2, 0.25) is 0 Å². The van der Waals surface area contributed by atoms with E-state index in [-0.39, 0.29) is 17.3 Å². The molecule has 22 heavy (non-hydrogen) atoms. The Hall–Kier alpha value is -1.35. The van der Waals surface area contributed by atoms with Gasteiger partial charge in [-0.05, 0) is 30.9 Å². The Bertz CT molecular complexity index is 475. The Balaban J connectivity index is 2.19. The van der Waals surface area contributed by atoms with E-state index in [1.165, 1.54) is 6.42 Å². The summed E-state index contributed by atoms with van der Waals surface area (Å²) in [5.74, 6) is -0.274. The average molecular weight is 304 g/mol. The summed E-state index contributed by atoms with van der Waals surface area (Å²) in [5, 5.41) is 10.6. The topological polar surface area (TPSA) is 46.5 Å². The summed E-state index contributed by atoms with van der Waals surface area (Å²) < 4.78 is 5.81. The summed E-state index contributed by atoms with van der Waals surface area (Å²) >= 11 is 0. The lowest BCUT2D eigenvalue weighted by molar-refractivity contribution is -0.1000. The van der Waals surface area contributed by atoms with Crippen LogP contribution < -0.4 is 0 Å². The van der Waals surface area contributed by atoms with Gasteiger partial charge in [-0.15, -0.1) is 0 Å². The van der Waals surface area contributed by atoms with Crippen LogP contribution in [0.2, 0.25) is 0 Å². The molecule has 2 rings (SSSR count). The molecule has 1 aliphatic rings. The van der Waals surface area contributed by atoms with Gasteiger partial charge < -0.3 is 9.84 Å². The molecule has 0 amide bonds. The van der Waals surface area contributed by atoms with Gasteiger partial charge in [-0.25, -0.2) is 4.79 Å². The number of ether oxygens (including phenoxy) is 1. The summed E-state index contributed by atoms with van der Waals surface area (Å²) in [6, 6.07) is 9.04. The molecule has 3 nitrogen and oxygen atoms in total. The van der Waals surface area contributed by atoms with Crippen LogP contribution in [0.25, 0.3) is 0 Å². The lowest BCUT2D eigenvalue weighted by Crippen LogP contribution is -2.47. The first kappa shape index (κ1) is 17.0. The van der Waals surface area contributed by atoms with Gasteiger partial charge in [0, 0.05) is 5.41 Å². The van der Waals surface area contributed by atoms with E-state index in [9.17, 15) is 9.90 Å². The fourth-order valence-corrected chi connectivity index (χ4v) is 3.38. The second kappa shape index (κ2) is 7.28. The molecule has 1 aromatic rings. The molecule has 1 saturated carbocycles. The van der Waals surface area contributed by atoms with Crippen molar-refractivity contribution in [3.8, 4) is 0 Å².